The summed E-state index contributed by atoms with van der Waals surface area (Å²) >= 11 is 0. The average Bonchev–Trinajstić information content (AvgIpc) is 2.94. The summed E-state index contributed by atoms with van der Waals surface area (Å²) in [6.45, 7) is 5.64. The van der Waals surface area contributed by atoms with E-state index in [1.165, 1.54) is 12.1 Å². The van der Waals surface area contributed by atoms with Crippen molar-refractivity contribution in [3.63, 3.8) is 0 Å². The average molecular weight is 341 g/mol. The van der Waals surface area contributed by atoms with E-state index in [9.17, 15) is 12.8 Å². The second-order valence-corrected chi connectivity index (χ2v) is 7.44. The number of halogens is 1. The van der Waals surface area contributed by atoms with E-state index >= 15 is 0 Å². The van der Waals surface area contributed by atoms with Gasteiger partial charge < -0.3 is 4.42 Å². The van der Waals surface area contributed by atoms with Crippen LogP contribution in [-0.4, -0.2) is 24.9 Å². The van der Waals surface area contributed by atoms with Gasteiger partial charge in [-0.1, -0.05) is 13.0 Å². The van der Waals surface area contributed by atoms with Crippen molar-refractivity contribution in [2.75, 3.05) is 6.26 Å². The Hall–Kier alpha value is -1.80. The summed E-state index contributed by atoms with van der Waals surface area (Å²) in [6.07, 6.45) is 1.64. The van der Waals surface area contributed by atoms with Crippen LogP contribution in [0.25, 0.3) is 0 Å². The molecule has 0 radical (unpaired) electrons. The predicted molar refractivity (Wildman–Crippen MR) is 83.2 cm³/mol. The summed E-state index contributed by atoms with van der Waals surface area (Å²) in [4.78, 5) is -0.300. The highest BCUT2D eigenvalue weighted by molar-refractivity contribution is 7.90. The predicted octanol–water partition coefficient (Wildman–Crippen LogP) is 2.59. The van der Waals surface area contributed by atoms with Crippen LogP contribution >= 0.6 is 0 Å². The second-order valence-electron chi connectivity index (χ2n) is 5.46. The summed E-state index contributed by atoms with van der Waals surface area (Å²) in [7, 11) is -3.57. The Morgan fingerprint density at radius 2 is 1.96 bits per heavy atom. The van der Waals surface area contributed by atoms with Crippen LogP contribution < -0.4 is 5.32 Å². The van der Waals surface area contributed by atoms with E-state index in [1.807, 2.05) is 20.8 Å². The highest BCUT2D eigenvalue weighted by atomic mass is 32.2. The maximum atomic E-state index is 14.0. The van der Waals surface area contributed by atoms with Gasteiger partial charge in [0.25, 0.3) is 0 Å². The molecule has 6 nitrogen and oxygen atoms in total. The molecule has 1 aromatic carbocycles. The van der Waals surface area contributed by atoms with Crippen LogP contribution in [-0.2, 0) is 16.3 Å². The van der Waals surface area contributed by atoms with Crippen LogP contribution in [0.3, 0.4) is 0 Å². The van der Waals surface area contributed by atoms with E-state index in [-0.39, 0.29) is 17.0 Å². The highest BCUT2D eigenvalue weighted by Gasteiger charge is 2.19. The monoisotopic (exact) mass is 341 g/mol. The fraction of sp³-hybridized carbons (Fsp3) is 0.467. The molecule has 1 heterocycles. The minimum Gasteiger partial charge on any atom is -0.424 e. The van der Waals surface area contributed by atoms with Gasteiger partial charge in [0.2, 0.25) is 11.8 Å². The molecule has 126 valence electrons. The number of aromatic nitrogens is 2. The molecule has 2 rings (SSSR count). The van der Waals surface area contributed by atoms with Gasteiger partial charge in [0, 0.05) is 18.7 Å². The van der Waals surface area contributed by atoms with Gasteiger partial charge in [-0.15, -0.1) is 10.2 Å². The van der Waals surface area contributed by atoms with Gasteiger partial charge in [-0.2, -0.15) is 0 Å². The number of benzene rings is 1. The molecule has 0 saturated carbocycles. The van der Waals surface area contributed by atoms with Crippen molar-refractivity contribution < 1.29 is 17.2 Å². The van der Waals surface area contributed by atoms with Crippen molar-refractivity contribution in [1.82, 2.24) is 15.5 Å². The molecular weight excluding hydrogens is 321 g/mol. The van der Waals surface area contributed by atoms with E-state index in [2.05, 4.69) is 15.5 Å². The van der Waals surface area contributed by atoms with Gasteiger partial charge >= 0.3 is 0 Å². The molecule has 0 aliphatic rings. The number of sulfone groups is 1. The fourth-order valence-electron chi connectivity index (χ4n) is 2.21. The molecule has 2 unspecified atom stereocenters. The molecule has 2 aromatic rings. The van der Waals surface area contributed by atoms with Gasteiger partial charge in [0.05, 0.1) is 6.04 Å². The highest BCUT2D eigenvalue weighted by Crippen LogP contribution is 2.22. The summed E-state index contributed by atoms with van der Waals surface area (Å²) in [5, 5.41) is 11.1. The number of rotatable bonds is 6. The Balaban J connectivity index is 2.14. The summed E-state index contributed by atoms with van der Waals surface area (Å²) in [5.74, 6) is 0.268. The van der Waals surface area contributed by atoms with Gasteiger partial charge in [-0.3, -0.25) is 5.32 Å². The van der Waals surface area contributed by atoms with Gasteiger partial charge in [0.1, 0.15) is 10.7 Å². The molecule has 0 fully saturated rings. The third-order valence-electron chi connectivity index (χ3n) is 3.51. The number of hydrogen-bond donors (Lipinski definition) is 1. The normalized spacial score (nSPS) is 14.7. The lowest BCUT2D eigenvalue weighted by atomic mass is 10.1. The standard InChI is InChI=1S/C15H20FN3O3S/c1-5-14-18-19-15(22-14)10(3)17-9(2)11-6-7-13(12(16)8-11)23(4,20)21/h6-10,17H,5H2,1-4H3. The zero-order valence-electron chi connectivity index (χ0n) is 13.5. The van der Waals surface area contributed by atoms with Gasteiger partial charge in [-0.25, -0.2) is 12.8 Å². The molecule has 1 N–H and O–H groups in total. The number of aryl methyl sites for hydroxylation is 1. The van der Waals surface area contributed by atoms with Crippen molar-refractivity contribution in [1.29, 1.82) is 0 Å². The Morgan fingerprint density at radius 1 is 1.26 bits per heavy atom. The van der Waals surface area contributed by atoms with Crippen LogP contribution in [0.4, 0.5) is 4.39 Å². The van der Waals surface area contributed by atoms with Crippen LogP contribution in [0, 0.1) is 5.82 Å². The Labute approximate surface area is 135 Å². The van der Waals surface area contributed by atoms with Gasteiger partial charge in [-0.05, 0) is 31.5 Å². The maximum Gasteiger partial charge on any atom is 0.233 e. The largest absolute Gasteiger partial charge is 0.424 e. The Kier molecular flexibility index (Phi) is 5.16. The van der Waals surface area contributed by atoms with E-state index in [4.69, 9.17) is 4.42 Å². The molecule has 0 amide bonds. The third-order valence-corrected chi connectivity index (χ3v) is 4.64. The summed E-state index contributed by atoms with van der Waals surface area (Å²) in [5.41, 5.74) is 0.636. The number of hydrogen-bond acceptors (Lipinski definition) is 6. The molecule has 0 bridgehead atoms. The van der Waals surface area contributed by atoms with E-state index in [0.717, 1.165) is 6.26 Å². The first-order valence-electron chi connectivity index (χ1n) is 7.30. The molecule has 0 saturated heterocycles. The summed E-state index contributed by atoms with van der Waals surface area (Å²) < 4.78 is 42.3. The van der Waals surface area contributed by atoms with Crippen molar-refractivity contribution in [2.24, 2.45) is 0 Å². The van der Waals surface area contributed by atoms with Crippen LogP contribution in [0.5, 0.6) is 0 Å². The lowest BCUT2D eigenvalue weighted by Gasteiger charge is -2.18. The van der Waals surface area contributed by atoms with Crippen LogP contribution in [0.2, 0.25) is 0 Å². The lowest BCUT2D eigenvalue weighted by molar-refractivity contribution is 0.374. The van der Waals surface area contributed by atoms with E-state index in [1.54, 1.807) is 6.07 Å². The minimum atomic E-state index is -3.57. The van der Waals surface area contributed by atoms with Gasteiger partial charge in [0.15, 0.2) is 9.84 Å². The molecule has 0 aliphatic carbocycles. The SMILES string of the molecule is CCc1nnc(C(C)NC(C)c2ccc(S(C)(=O)=O)c(F)c2)o1. The molecular formula is C15H20FN3O3S. The smallest absolute Gasteiger partial charge is 0.233 e. The van der Waals surface area contributed by atoms with E-state index in [0.29, 0.717) is 23.8 Å². The third kappa shape index (κ3) is 4.14. The molecule has 8 heteroatoms. The Bertz CT molecular complexity index is 789. The number of nitrogens with zero attached hydrogens (tertiary/aromatic N) is 2. The first kappa shape index (κ1) is 17.6. The number of nitrogens with one attached hydrogen (secondary N) is 1. The van der Waals surface area contributed by atoms with Crippen LogP contribution in [0.15, 0.2) is 27.5 Å². The quantitative estimate of drug-likeness (QED) is 0.869. The molecule has 0 aliphatic heterocycles. The first-order valence-corrected chi connectivity index (χ1v) is 9.19. The maximum absolute atomic E-state index is 14.0. The van der Waals surface area contributed by atoms with Crippen molar-refractivity contribution in [3.8, 4) is 0 Å². The topological polar surface area (TPSA) is 85.1 Å². The zero-order valence-corrected chi connectivity index (χ0v) is 14.3. The Morgan fingerprint density at radius 3 is 2.48 bits per heavy atom. The minimum absolute atomic E-state index is 0.213. The molecule has 2 atom stereocenters. The second kappa shape index (κ2) is 6.76. The molecule has 1 aromatic heterocycles. The zero-order chi connectivity index (χ0) is 17.2. The van der Waals surface area contributed by atoms with Crippen molar-refractivity contribution >= 4 is 9.84 Å². The van der Waals surface area contributed by atoms with Crippen LogP contribution in [0.1, 0.15) is 50.2 Å². The molecule has 0 spiro atoms. The van der Waals surface area contributed by atoms with Crippen molar-refractivity contribution in [3.05, 3.63) is 41.4 Å². The molecule has 23 heavy (non-hydrogen) atoms. The van der Waals surface area contributed by atoms with Crippen molar-refractivity contribution in [2.45, 2.75) is 44.2 Å². The van der Waals surface area contributed by atoms with E-state index < -0.39 is 15.7 Å². The lowest BCUT2D eigenvalue weighted by Crippen LogP contribution is -2.23. The fourth-order valence-corrected chi connectivity index (χ4v) is 2.94. The summed E-state index contributed by atoms with van der Waals surface area (Å²) in [6, 6.07) is 3.67. The first-order chi connectivity index (χ1) is 10.7.